The van der Waals surface area contributed by atoms with Gasteiger partial charge in [0.25, 0.3) is 5.91 Å². The fourth-order valence-corrected chi connectivity index (χ4v) is 2.70. The van der Waals surface area contributed by atoms with Crippen molar-refractivity contribution in [3.63, 3.8) is 0 Å². The van der Waals surface area contributed by atoms with Crippen LogP contribution in [0.4, 0.5) is 0 Å². The molecule has 1 saturated heterocycles. The van der Waals surface area contributed by atoms with Gasteiger partial charge in [0.05, 0.1) is 10.6 Å². The zero-order valence-corrected chi connectivity index (χ0v) is 11.5. The van der Waals surface area contributed by atoms with E-state index < -0.39 is 0 Å². The van der Waals surface area contributed by atoms with Gasteiger partial charge in [-0.1, -0.05) is 11.6 Å². The summed E-state index contributed by atoms with van der Waals surface area (Å²) in [4.78, 5) is 15.3. The number of halogens is 1. The first-order chi connectivity index (χ1) is 8.22. The van der Waals surface area contributed by atoms with E-state index in [0.29, 0.717) is 10.6 Å². The second-order valence-electron chi connectivity index (χ2n) is 4.20. The third-order valence-corrected chi connectivity index (χ3v) is 4.10. The number of nitrogens with zero attached hydrogens (tertiary/aromatic N) is 1. The van der Waals surface area contributed by atoms with Crippen LogP contribution >= 0.6 is 23.4 Å². The second kappa shape index (κ2) is 5.78. The van der Waals surface area contributed by atoms with Crippen LogP contribution < -0.4 is 0 Å². The van der Waals surface area contributed by atoms with E-state index in [2.05, 4.69) is 0 Å². The molecule has 1 aromatic carbocycles. The summed E-state index contributed by atoms with van der Waals surface area (Å²) in [5.74, 6) is 0.0746. The van der Waals surface area contributed by atoms with E-state index in [1.165, 1.54) is 6.42 Å². The maximum absolute atomic E-state index is 12.3. The fraction of sp³-hybridized carbons (Fsp3) is 0.462. The third kappa shape index (κ3) is 2.96. The largest absolute Gasteiger partial charge is 0.339 e. The van der Waals surface area contributed by atoms with Crippen LogP contribution in [-0.4, -0.2) is 30.2 Å². The van der Waals surface area contributed by atoms with Gasteiger partial charge in [0.15, 0.2) is 0 Å². The average molecular weight is 270 g/mol. The molecular formula is C13H16ClNOS. The molecule has 0 bridgehead atoms. The van der Waals surface area contributed by atoms with Gasteiger partial charge in [0.2, 0.25) is 0 Å². The second-order valence-corrected chi connectivity index (χ2v) is 5.49. The quantitative estimate of drug-likeness (QED) is 0.764. The van der Waals surface area contributed by atoms with Crippen LogP contribution in [0.15, 0.2) is 23.1 Å². The van der Waals surface area contributed by atoms with Crippen molar-refractivity contribution in [1.82, 2.24) is 4.90 Å². The van der Waals surface area contributed by atoms with Crippen LogP contribution in [0.3, 0.4) is 0 Å². The summed E-state index contributed by atoms with van der Waals surface area (Å²) in [6, 6.07) is 5.65. The first-order valence-corrected chi connectivity index (χ1v) is 7.45. The summed E-state index contributed by atoms with van der Waals surface area (Å²) < 4.78 is 0. The van der Waals surface area contributed by atoms with Crippen LogP contribution in [0.25, 0.3) is 0 Å². The first kappa shape index (κ1) is 12.8. The van der Waals surface area contributed by atoms with Gasteiger partial charge in [0.1, 0.15) is 0 Å². The van der Waals surface area contributed by atoms with Gasteiger partial charge in [-0.25, -0.2) is 0 Å². The number of hydrogen-bond acceptors (Lipinski definition) is 2. The third-order valence-electron chi connectivity index (χ3n) is 3.05. The molecule has 0 unspecified atom stereocenters. The number of benzene rings is 1. The molecule has 17 heavy (non-hydrogen) atoms. The summed E-state index contributed by atoms with van der Waals surface area (Å²) in [5.41, 5.74) is 0.639. The Hall–Kier alpha value is -0.670. The van der Waals surface area contributed by atoms with Crippen LogP contribution in [0, 0.1) is 0 Å². The molecule has 1 aliphatic heterocycles. The highest BCUT2D eigenvalue weighted by molar-refractivity contribution is 7.98. The predicted octanol–water partition coefficient (Wildman–Crippen LogP) is 3.69. The van der Waals surface area contributed by atoms with Crippen LogP contribution in [0.5, 0.6) is 0 Å². The number of piperidine rings is 1. The first-order valence-electron chi connectivity index (χ1n) is 5.85. The van der Waals surface area contributed by atoms with E-state index in [4.69, 9.17) is 11.6 Å². The average Bonchev–Trinajstić information content (AvgIpc) is 2.39. The lowest BCUT2D eigenvalue weighted by atomic mass is 10.1. The molecule has 0 N–H and O–H groups in total. The van der Waals surface area contributed by atoms with Gasteiger partial charge >= 0.3 is 0 Å². The van der Waals surface area contributed by atoms with Crippen LogP contribution in [0.2, 0.25) is 5.02 Å². The highest BCUT2D eigenvalue weighted by atomic mass is 35.5. The Labute approximate surface area is 111 Å². The molecule has 1 heterocycles. The summed E-state index contributed by atoms with van der Waals surface area (Å²) >= 11 is 7.74. The van der Waals surface area contributed by atoms with Crippen LogP contribution in [-0.2, 0) is 0 Å². The van der Waals surface area contributed by atoms with E-state index in [0.717, 1.165) is 30.8 Å². The number of amides is 1. The number of rotatable bonds is 2. The zero-order chi connectivity index (χ0) is 12.3. The number of likely N-dealkylation sites (tertiary alicyclic amines) is 1. The molecule has 1 aliphatic rings. The fourth-order valence-electron chi connectivity index (χ4n) is 2.06. The van der Waals surface area contributed by atoms with Gasteiger partial charge in [-0.2, -0.15) is 0 Å². The van der Waals surface area contributed by atoms with Gasteiger partial charge in [-0.15, -0.1) is 11.8 Å². The summed E-state index contributed by atoms with van der Waals surface area (Å²) in [6.45, 7) is 1.72. The highest BCUT2D eigenvalue weighted by Gasteiger charge is 2.20. The van der Waals surface area contributed by atoms with Crippen molar-refractivity contribution in [3.05, 3.63) is 28.8 Å². The van der Waals surface area contributed by atoms with Gasteiger partial charge in [0, 0.05) is 18.0 Å². The summed E-state index contributed by atoms with van der Waals surface area (Å²) in [6.07, 6.45) is 5.43. The molecule has 0 spiro atoms. The minimum atomic E-state index is 0.0746. The van der Waals surface area contributed by atoms with E-state index >= 15 is 0 Å². The number of carbonyl (C=O) groups excluding carboxylic acids is 1. The summed E-state index contributed by atoms with van der Waals surface area (Å²) in [7, 11) is 0. The highest BCUT2D eigenvalue weighted by Crippen LogP contribution is 2.25. The van der Waals surface area contributed by atoms with Crippen LogP contribution in [0.1, 0.15) is 29.6 Å². The van der Waals surface area contributed by atoms with Crippen molar-refractivity contribution < 1.29 is 4.79 Å². The number of thioether (sulfide) groups is 1. The Bertz CT molecular complexity index is 416. The van der Waals surface area contributed by atoms with Crippen molar-refractivity contribution in [2.75, 3.05) is 19.3 Å². The molecule has 2 rings (SSSR count). The Balaban J connectivity index is 2.22. The number of carbonyl (C=O) groups is 1. The predicted molar refractivity (Wildman–Crippen MR) is 73.0 cm³/mol. The maximum Gasteiger partial charge on any atom is 0.255 e. The van der Waals surface area contributed by atoms with Crippen molar-refractivity contribution in [2.45, 2.75) is 24.2 Å². The van der Waals surface area contributed by atoms with E-state index in [-0.39, 0.29) is 5.91 Å². The normalized spacial score (nSPS) is 16.0. The molecular weight excluding hydrogens is 254 g/mol. The molecule has 1 fully saturated rings. The topological polar surface area (TPSA) is 20.3 Å². The molecule has 0 aliphatic carbocycles. The Kier molecular flexibility index (Phi) is 4.35. The minimum Gasteiger partial charge on any atom is -0.339 e. The molecule has 1 amide bonds. The Morgan fingerprint density at radius 3 is 2.65 bits per heavy atom. The van der Waals surface area contributed by atoms with Crippen molar-refractivity contribution in [2.24, 2.45) is 0 Å². The zero-order valence-electron chi connectivity index (χ0n) is 9.91. The SMILES string of the molecule is CSc1ccc(Cl)c(C(=O)N2CCCCC2)c1. The summed E-state index contributed by atoms with van der Waals surface area (Å²) in [5, 5.41) is 0.554. The van der Waals surface area contributed by atoms with E-state index in [1.54, 1.807) is 11.8 Å². The minimum absolute atomic E-state index is 0.0746. The maximum atomic E-state index is 12.3. The Morgan fingerprint density at radius 1 is 1.29 bits per heavy atom. The smallest absolute Gasteiger partial charge is 0.255 e. The van der Waals surface area contributed by atoms with Crippen molar-refractivity contribution in [1.29, 1.82) is 0 Å². The van der Waals surface area contributed by atoms with Crippen molar-refractivity contribution >= 4 is 29.3 Å². The molecule has 0 atom stereocenters. The molecule has 4 heteroatoms. The number of hydrogen-bond donors (Lipinski definition) is 0. The monoisotopic (exact) mass is 269 g/mol. The van der Waals surface area contributed by atoms with Gasteiger partial charge in [-0.05, 0) is 43.7 Å². The Morgan fingerprint density at radius 2 is 2.00 bits per heavy atom. The van der Waals surface area contributed by atoms with Crippen molar-refractivity contribution in [3.8, 4) is 0 Å². The molecule has 0 aromatic heterocycles. The van der Waals surface area contributed by atoms with Gasteiger partial charge in [-0.3, -0.25) is 4.79 Å². The van der Waals surface area contributed by atoms with Gasteiger partial charge < -0.3 is 4.90 Å². The standard InChI is InChI=1S/C13H16ClNOS/c1-17-10-5-6-12(14)11(9-10)13(16)15-7-3-2-4-8-15/h5-6,9H,2-4,7-8H2,1H3. The lowest BCUT2D eigenvalue weighted by molar-refractivity contribution is 0.0724. The van der Waals surface area contributed by atoms with E-state index in [9.17, 15) is 4.79 Å². The lowest BCUT2D eigenvalue weighted by Crippen LogP contribution is -2.35. The van der Waals surface area contributed by atoms with E-state index in [1.807, 2.05) is 29.4 Å². The molecule has 0 saturated carbocycles. The lowest BCUT2D eigenvalue weighted by Gasteiger charge is -2.27. The molecule has 2 nitrogen and oxygen atoms in total. The molecule has 0 radical (unpaired) electrons. The molecule has 92 valence electrons. The molecule has 1 aromatic rings.